The maximum absolute atomic E-state index is 5.49. The summed E-state index contributed by atoms with van der Waals surface area (Å²) in [4.78, 5) is 7.02. The van der Waals surface area contributed by atoms with Crippen molar-refractivity contribution in [3.05, 3.63) is 11.7 Å². The Morgan fingerprint density at radius 2 is 2.06 bits per heavy atom. The Hall–Kier alpha value is -0.940. The van der Waals surface area contributed by atoms with Crippen LogP contribution in [0, 0.1) is 0 Å². The zero-order valence-corrected chi connectivity index (χ0v) is 11.1. The van der Waals surface area contributed by atoms with Crippen molar-refractivity contribution in [3.8, 4) is 0 Å². The first kappa shape index (κ1) is 12.1. The van der Waals surface area contributed by atoms with E-state index in [0.717, 1.165) is 44.2 Å². The van der Waals surface area contributed by atoms with Gasteiger partial charge < -0.3 is 14.7 Å². The molecule has 5 heteroatoms. The van der Waals surface area contributed by atoms with Crippen molar-refractivity contribution >= 4 is 0 Å². The first-order valence-corrected chi connectivity index (χ1v) is 7.05. The van der Waals surface area contributed by atoms with Crippen molar-refractivity contribution in [2.75, 3.05) is 33.2 Å². The highest BCUT2D eigenvalue weighted by molar-refractivity contribution is 5.02. The van der Waals surface area contributed by atoms with Gasteiger partial charge in [-0.2, -0.15) is 4.98 Å². The van der Waals surface area contributed by atoms with Crippen molar-refractivity contribution in [1.29, 1.82) is 0 Å². The van der Waals surface area contributed by atoms with Gasteiger partial charge in [0.15, 0.2) is 5.82 Å². The molecule has 2 aliphatic heterocycles. The SMILES string of the molecule is CN1CCCC(c2noc(C3CCNCC3)n2)C1. The lowest BCUT2D eigenvalue weighted by Crippen LogP contribution is -2.31. The fourth-order valence-corrected chi connectivity index (χ4v) is 3.02. The van der Waals surface area contributed by atoms with Crippen molar-refractivity contribution in [3.63, 3.8) is 0 Å². The third kappa shape index (κ3) is 2.57. The molecule has 0 amide bonds. The van der Waals surface area contributed by atoms with Gasteiger partial charge in [-0.3, -0.25) is 0 Å². The van der Waals surface area contributed by atoms with E-state index in [-0.39, 0.29) is 0 Å². The third-order valence-corrected chi connectivity index (χ3v) is 4.14. The second-order valence-electron chi connectivity index (χ2n) is 5.62. The predicted molar refractivity (Wildman–Crippen MR) is 68.6 cm³/mol. The zero-order valence-electron chi connectivity index (χ0n) is 11.1. The van der Waals surface area contributed by atoms with Crippen LogP contribution in [0.5, 0.6) is 0 Å². The smallest absolute Gasteiger partial charge is 0.229 e. The van der Waals surface area contributed by atoms with Crippen LogP contribution >= 0.6 is 0 Å². The lowest BCUT2D eigenvalue weighted by atomic mass is 9.97. The van der Waals surface area contributed by atoms with Gasteiger partial charge in [0.2, 0.25) is 5.89 Å². The minimum Gasteiger partial charge on any atom is -0.339 e. The van der Waals surface area contributed by atoms with Crippen LogP contribution in [-0.2, 0) is 0 Å². The average molecular weight is 250 g/mol. The highest BCUT2D eigenvalue weighted by Gasteiger charge is 2.26. The number of hydrogen-bond donors (Lipinski definition) is 1. The summed E-state index contributed by atoms with van der Waals surface area (Å²) in [6.07, 6.45) is 4.66. The van der Waals surface area contributed by atoms with E-state index in [1.807, 2.05) is 0 Å². The third-order valence-electron chi connectivity index (χ3n) is 4.14. The fraction of sp³-hybridized carbons (Fsp3) is 0.846. The van der Waals surface area contributed by atoms with Crippen LogP contribution in [0.15, 0.2) is 4.52 Å². The summed E-state index contributed by atoms with van der Waals surface area (Å²) >= 11 is 0. The van der Waals surface area contributed by atoms with Crippen molar-refractivity contribution in [1.82, 2.24) is 20.4 Å². The Labute approximate surface area is 108 Å². The number of likely N-dealkylation sites (tertiary alicyclic amines) is 1. The molecule has 0 radical (unpaired) electrons. The molecule has 3 rings (SSSR count). The topological polar surface area (TPSA) is 54.2 Å². The molecular formula is C13H22N4O. The summed E-state index contributed by atoms with van der Waals surface area (Å²) in [5, 5.41) is 7.58. The molecule has 2 fully saturated rings. The Bertz CT molecular complexity index is 386. The molecule has 0 aromatic carbocycles. The lowest BCUT2D eigenvalue weighted by molar-refractivity contribution is 0.241. The fourth-order valence-electron chi connectivity index (χ4n) is 3.02. The van der Waals surface area contributed by atoms with Gasteiger partial charge in [0.05, 0.1) is 0 Å². The van der Waals surface area contributed by atoms with Crippen LogP contribution in [0.2, 0.25) is 0 Å². The van der Waals surface area contributed by atoms with Gasteiger partial charge in [-0.05, 0) is 52.4 Å². The summed E-state index contributed by atoms with van der Waals surface area (Å²) in [6.45, 7) is 4.38. The quantitative estimate of drug-likeness (QED) is 0.858. The Balaban J connectivity index is 1.68. The number of aromatic nitrogens is 2. The van der Waals surface area contributed by atoms with E-state index < -0.39 is 0 Å². The maximum Gasteiger partial charge on any atom is 0.229 e. The van der Waals surface area contributed by atoms with Gasteiger partial charge in [0, 0.05) is 18.4 Å². The van der Waals surface area contributed by atoms with Crippen LogP contribution in [0.4, 0.5) is 0 Å². The van der Waals surface area contributed by atoms with Gasteiger partial charge >= 0.3 is 0 Å². The number of nitrogens with zero attached hydrogens (tertiary/aromatic N) is 3. The van der Waals surface area contributed by atoms with E-state index in [1.165, 1.54) is 19.4 Å². The van der Waals surface area contributed by atoms with Crippen molar-refractivity contribution in [2.45, 2.75) is 37.5 Å². The molecule has 0 spiro atoms. The standard InChI is InChI=1S/C13H22N4O/c1-17-8-2-3-11(9-17)12-15-13(18-16-12)10-4-6-14-7-5-10/h10-11,14H,2-9H2,1H3. The molecule has 1 unspecified atom stereocenters. The molecule has 2 aliphatic rings. The van der Waals surface area contributed by atoms with Gasteiger partial charge in [0.1, 0.15) is 0 Å². The van der Waals surface area contributed by atoms with Gasteiger partial charge in [-0.25, -0.2) is 0 Å². The van der Waals surface area contributed by atoms with E-state index in [2.05, 4.69) is 27.4 Å². The lowest BCUT2D eigenvalue weighted by Gasteiger charge is -2.27. The Morgan fingerprint density at radius 3 is 2.83 bits per heavy atom. The van der Waals surface area contributed by atoms with Crippen LogP contribution < -0.4 is 5.32 Å². The van der Waals surface area contributed by atoms with Crippen LogP contribution in [0.1, 0.15) is 49.2 Å². The summed E-state index contributed by atoms with van der Waals surface area (Å²) < 4.78 is 5.49. The second-order valence-corrected chi connectivity index (χ2v) is 5.62. The molecule has 1 N–H and O–H groups in total. The number of piperidine rings is 2. The summed E-state index contributed by atoms with van der Waals surface area (Å²) in [5.41, 5.74) is 0. The molecule has 18 heavy (non-hydrogen) atoms. The summed E-state index contributed by atoms with van der Waals surface area (Å²) in [6, 6.07) is 0. The molecule has 0 saturated carbocycles. The van der Waals surface area contributed by atoms with E-state index in [9.17, 15) is 0 Å². The molecule has 0 aliphatic carbocycles. The number of nitrogens with one attached hydrogen (secondary N) is 1. The zero-order chi connectivity index (χ0) is 12.4. The first-order valence-electron chi connectivity index (χ1n) is 7.05. The van der Waals surface area contributed by atoms with Crippen molar-refractivity contribution in [2.24, 2.45) is 0 Å². The summed E-state index contributed by atoms with van der Waals surface area (Å²) in [5.74, 6) is 2.71. The van der Waals surface area contributed by atoms with Crippen LogP contribution in [-0.4, -0.2) is 48.3 Å². The number of rotatable bonds is 2. The van der Waals surface area contributed by atoms with Gasteiger partial charge in [-0.1, -0.05) is 5.16 Å². The molecular weight excluding hydrogens is 228 g/mol. The molecule has 0 bridgehead atoms. The first-order chi connectivity index (χ1) is 8.83. The number of likely N-dealkylation sites (N-methyl/N-ethyl adjacent to an activating group) is 1. The Kier molecular flexibility index (Phi) is 3.61. The molecule has 5 nitrogen and oxygen atoms in total. The average Bonchev–Trinajstić information content (AvgIpc) is 2.89. The molecule has 2 saturated heterocycles. The molecule has 1 aromatic rings. The monoisotopic (exact) mass is 250 g/mol. The second kappa shape index (κ2) is 5.36. The van der Waals surface area contributed by atoms with E-state index in [1.54, 1.807) is 0 Å². The molecule has 100 valence electrons. The highest BCUT2D eigenvalue weighted by atomic mass is 16.5. The molecule has 3 heterocycles. The largest absolute Gasteiger partial charge is 0.339 e. The summed E-state index contributed by atoms with van der Waals surface area (Å²) in [7, 11) is 2.17. The molecule has 1 aromatic heterocycles. The van der Waals surface area contributed by atoms with E-state index in [4.69, 9.17) is 4.52 Å². The van der Waals surface area contributed by atoms with Gasteiger partial charge in [0.25, 0.3) is 0 Å². The molecule has 1 atom stereocenters. The van der Waals surface area contributed by atoms with Gasteiger partial charge in [-0.15, -0.1) is 0 Å². The van der Waals surface area contributed by atoms with Crippen molar-refractivity contribution < 1.29 is 4.52 Å². The minimum absolute atomic E-state index is 0.461. The number of hydrogen-bond acceptors (Lipinski definition) is 5. The predicted octanol–water partition coefficient (Wildman–Crippen LogP) is 1.35. The maximum atomic E-state index is 5.49. The Morgan fingerprint density at radius 1 is 1.22 bits per heavy atom. The minimum atomic E-state index is 0.461. The van der Waals surface area contributed by atoms with Crippen LogP contribution in [0.25, 0.3) is 0 Å². The normalized spacial score (nSPS) is 27.5. The van der Waals surface area contributed by atoms with E-state index >= 15 is 0 Å². The highest BCUT2D eigenvalue weighted by Crippen LogP contribution is 2.28. The van der Waals surface area contributed by atoms with E-state index in [0.29, 0.717) is 11.8 Å². The van der Waals surface area contributed by atoms with Crippen LogP contribution in [0.3, 0.4) is 0 Å².